The quantitative estimate of drug-likeness (QED) is 0.439. The Labute approximate surface area is 121 Å². The summed E-state index contributed by atoms with van der Waals surface area (Å²) in [6, 6.07) is 0. The Kier molecular flexibility index (Phi) is 8.33. The van der Waals surface area contributed by atoms with E-state index in [9.17, 15) is 10.2 Å². The zero-order chi connectivity index (χ0) is 15.0. The fourth-order valence-corrected chi connectivity index (χ4v) is 2.35. The summed E-state index contributed by atoms with van der Waals surface area (Å²) in [4.78, 5) is 0. The lowest BCUT2D eigenvalue weighted by molar-refractivity contribution is -0.282. The van der Waals surface area contributed by atoms with Gasteiger partial charge in [-0.05, 0) is 19.3 Å². The van der Waals surface area contributed by atoms with Crippen molar-refractivity contribution in [1.82, 2.24) is 0 Å². The lowest BCUT2D eigenvalue weighted by Crippen LogP contribution is -2.55. The normalized spacial score (nSPS) is 34.1. The maximum atomic E-state index is 9.89. The van der Waals surface area contributed by atoms with Gasteiger partial charge in [-0.25, -0.2) is 0 Å². The highest BCUT2D eigenvalue weighted by molar-refractivity contribution is 4.86. The van der Waals surface area contributed by atoms with Crippen LogP contribution in [0.15, 0.2) is 12.7 Å². The van der Waals surface area contributed by atoms with E-state index in [0.717, 1.165) is 32.1 Å². The number of allylic oxidation sites excluding steroid dienone is 1. The van der Waals surface area contributed by atoms with E-state index in [1.54, 1.807) is 6.92 Å². The van der Waals surface area contributed by atoms with Gasteiger partial charge in [0.2, 0.25) is 0 Å². The smallest absolute Gasteiger partial charge is 0.163 e. The van der Waals surface area contributed by atoms with Gasteiger partial charge in [-0.2, -0.15) is 0 Å². The Morgan fingerprint density at radius 3 is 2.50 bits per heavy atom. The second kappa shape index (κ2) is 9.47. The predicted octanol–water partition coefficient (Wildman–Crippen LogP) is 1.21. The molecule has 1 rings (SSSR count). The number of aliphatic hydroxyl groups excluding tert-OH is 3. The van der Waals surface area contributed by atoms with Gasteiger partial charge in [0.1, 0.15) is 12.2 Å². The van der Waals surface area contributed by atoms with Crippen LogP contribution >= 0.6 is 0 Å². The highest BCUT2D eigenvalue weighted by Crippen LogP contribution is 2.26. The zero-order valence-electron chi connectivity index (χ0n) is 12.3. The van der Waals surface area contributed by atoms with E-state index < -0.39 is 24.6 Å². The molecule has 1 fully saturated rings. The molecule has 20 heavy (non-hydrogen) atoms. The number of aliphatic hydroxyl groups is 3. The third-order valence-electron chi connectivity index (χ3n) is 3.77. The second-order valence-electron chi connectivity index (χ2n) is 5.43. The maximum Gasteiger partial charge on any atom is 0.163 e. The summed E-state index contributed by atoms with van der Waals surface area (Å²) in [6.07, 6.45) is 3.95. The van der Waals surface area contributed by atoms with Gasteiger partial charge in [-0.15, -0.1) is 6.58 Å². The minimum absolute atomic E-state index is 0.312. The molecule has 5 heteroatoms. The molecule has 0 amide bonds. The van der Waals surface area contributed by atoms with E-state index in [1.807, 2.05) is 6.08 Å². The van der Waals surface area contributed by atoms with Crippen molar-refractivity contribution >= 4 is 0 Å². The minimum atomic E-state index is -1.06. The van der Waals surface area contributed by atoms with Gasteiger partial charge in [0.05, 0.1) is 12.7 Å². The standard InChI is InChI=1S/C15H28O5/c1-3-4-5-6-7-8-9-19-15-11(2)13(17)14(18)12(10-16)20-15/h3,11-18H,1,4-10H2,2H3/t11?,12?,13-,14+,15-/m1/s1. The van der Waals surface area contributed by atoms with Crippen molar-refractivity contribution in [2.24, 2.45) is 5.92 Å². The Balaban J connectivity index is 2.23. The molecule has 0 bridgehead atoms. The van der Waals surface area contributed by atoms with Crippen molar-refractivity contribution in [2.75, 3.05) is 13.2 Å². The van der Waals surface area contributed by atoms with Crippen LogP contribution < -0.4 is 0 Å². The summed E-state index contributed by atoms with van der Waals surface area (Å²) in [7, 11) is 0. The van der Waals surface area contributed by atoms with Crippen LogP contribution in [0, 0.1) is 5.92 Å². The van der Waals surface area contributed by atoms with Crippen molar-refractivity contribution in [2.45, 2.75) is 63.6 Å². The Bertz CT molecular complexity index is 269. The molecular formula is C15H28O5. The van der Waals surface area contributed by atoms with E-state index in [0.29, 0.717) is 6.61 Å². The SMILES string of the molecule is C=CCCCCCCO[C@@H]1OC(CO)[C@H](O)[C@H](O)C1C. The van der Waals surface area contributed by atoms with Gasteiger partial charge in [0, 0.05) is 12.5 Å². The van der Waals surface area contributed by atoms with Crippen LogP contribution in [0.25, 0.3) is 0 Å². The van der Waals surface area contributed by atoms with Crippen LogP contribution in [-0.2, 0) is 9.47 Å². The van der Waals surface area contributed by atoms with Crippen LogP contribution in [0.3, 0.4) is 0 Å². The third-order valence-corrected chi connectivity index (χ3v) is 3.77. The topological polar surface area (TPSA) is 79.2 Å². The van der Waals surface area contributed by atoms with E-state index >= 15 is 0 Å². The van der Waals surface area contributed by atoms with E-state index in [1.165, 1.54) is 0 Å². The van der Waals surface area contributed by atoms with Crippen molar-refractivity contribution in [3.63, 3.8) is 0 Å². The van der Waals surface area contributed by atoms with E-state index in [-0.39, 0.29) is 12.5 Å². The number of rotatable bonds is 9. The van der Waals surface area contributed by atoms with Crippen LogP contribution in [0.1, 0.15) is 39.0 Å². The average Bonchev–Trinajstić information content (AvgIpc) is 2.46. The molecule has 0 radical (unpaired) electrons. The van der Waals surface area contributed by atoms with Crippen molar-refractivity contribution in [1.29, 1.82) is 0 Å². The van der Waals surface area contributed by atoms with Crippen LogP contribution in [0.4, 0.5) is 0 Å². The molecule has 0 aromatic heterocycles. The maximum absolute atomic E-state index is 9.89. The molecule has 2 unspecified atom stereocenters. The number of ether oxygens (including phenoxy) is 2. The molecule has 1 aliphatic rings. The van der Waals surface area contributed by atoms with Crippen LogP contribution in [-0.4, -0.2) is 53.1 Å². The molecule has 0 aliphatic carbocycles. The zero-order valence-corrected chi connectivity index (χ0v) is 12.3. The van der Waals surface area contributed by atoms with Gasteiger partial charge < -0.3 is 24.8 Å². The van der Waals surface area contributed by atoms with Gasteiger partial charge >= 0.3 is 0 Å². The monoisotopic (exact) mass is 288 g/mol. The summed E-state index contributed by atoms with van der Waals surface area (Å²) in [6.45, 7) is 5.69. The fourth-order valence-electron chi connectivity index (χ4n) is 2.35. The molecule has 5 nitrogen and oxygen atoms in total. The highest BCUT2D eigenvalue weighted by Gasteiger charge is 2.42. The van der Waals surface area contributed by atoms with Crippen molar-refractivity contribution < 1.29 is 24.8 Å². The number of unbranched alkanes of at least 4 members (excludes halogenated alkanes) is 4. The Morgan fingerprint density at radius 1 is 1.15 bits per heavy atom. The molecule has 1 aliphatic heterocycles. The van der Waals surface area contributed by atoms with Crippen molar-refractivity contribution in [3.8, 4) is 0 Å². The van der Waals surface area contributed by atoms with Gasteiger partial charge in [0.15, 0.2) is 6.29 Å². The third kappa shape index (κ3) is 5.14. The molecule has 0 saturated carbocycles. The van der Waals surface area contributed by atoms with Gasteiger partial charge in [-0.3, -0.25) is 0 Å². The minimum Gasteiger partial charge on any atom is -0.394 e. The summed E-state index contributed by atoms with van der Waals surface area (Å²) >= 11 is 0. The molecule has 0 aromatic rings. The van der Waals surface area contributed by atoms with Crippen LogP contribution in [0.5, 0.6) is 0 Å². The molecular weight excluding hydrogens is 260 g/mol. The molecule has 118 valence electrons. The fraction of sp³-hybridized carbons (Fsp3) is 0.867. The first-order valence-electron chi connectivity index (χ1n) is 7.46. The van der Waals surface area contributed by atoms with Crippen LogP contribution in [0.2, 0.25) is 0 Å². The highest BCUT2D eigenvalue weighted by atomic mass is 16.7. The van der Waals surface area contributed by atoms with E-state index in [2.05, 4.69) is 6.58 Å². The Hall–Kier alpha value is -0.460. The lowest BCUT2D eigenvalue weighted by Gasteiger charge is -2.40. The van der Waals surface area contributed by atoms with Gasteiger partial charge in [-0.1, -0.05) is 25.8 Å². The molecule has 5 atom stereocenters. The van der Waals surface area contributed by atoms with Gasteiger partial charge in [0.25, 0.3) is 0 Å². The first kappa shape index (κ1) is 17.6. The average molecular weight is 288 g/mol. The molecule has 3 N–H and O–H groups in total. The molecule has 1 saturated heterocycles. The number of hydrogen-bond acceptors (Lipinski definition) is 5. The molecule has 0 spiro atoms. The Morgan fingerprint density at radius 2 is 1.85 bits per heavy atom. The lowest BCUT2D eigenvalue weighted by atomic mass is 9.92. The first-order valence-corrected chi connectivity index (χ1v) is 7.46. The molecule has 1 heterocycles. The van der Waals surface area contributed by atoms with E-state index in [4.69, 9.17) is 14.6 Å². The summed E-state index contributed by atoms with van der Waals surface area (Å²) in [5.41, 5.74) is 0. The summed E-state index contributed by atoms with van der Waals surface area (Å²) in [5.74, 6) is -0.312. The summed E-state index contributed by atoms with van der Waals surface area (Å²) < 4.78 is 11.1. The summed E-state index contributed by atoms with van der Waals surface area (Å²) in [5, 5.41) is 28.7. The van der Waals surface area contributed by atoms with Crippen molar-refractivity contribution in [3.05, 3.63) is 12.7 Å². The number of hydrogen-bond donors (Lipinski definition) is 3. The molecule has 0 aromatic carbocycles. The second-order valence-corrected chi connectivity index (χ2v) is 5.43. The first-order chi connectivity index (χ1) is 9.61. The predicted molar refractivity (Wildman–Crippen MR) is 76.2 cm³/mol. The largest absolute Gasteiger partial charge is 0.394 e.